The van der Waals surface area contributed by atoms with Gasteiger partial charge in [0.1, 0.15) is 18.0 Å². The Morgan fingerprint density at radius 2 is 1.94 bits per heavy atom. The zero-order valence-electron chi connectivity index (χ0n) is 10.4. The molecule has 0 spiro atoms. The SMILES string of the molecule is Cc1cccnc1CNc1ncnc(NN)c1C. The molecule has 2 rings (SSSR count). The lowest BCUT2D eigenvalue weighted by atomic mass is 10.2. The number of rotatable bonds is 4. The zero-order valence-corrected chi connectivity index (χ0v) is 10.4. The first-order valence-corrected chi connectivity index (χ1v) is 5.65. The number of hydrazine groups is 1. The van der Waals surface area contributed by atoms with E-state index in [-0.39, 0.29) is 0 Å². The van der Waals surface area contributed by atoms with Crippen molar-refractivity contribution < 1.29 is 0 Å². The molecule has 0 saturated carbocycles. The number of aromatic nitrogens is 3. The molecule has 0 saturated heterocycles. The molecule has 6 heteroatoms. The van der Waals surface area contributed by atoms with Crippen LogP contribution in [-0.4, -0.2) is 15.0 Å². The molecule has 0 aromatic carbocycles. The summed E-state index contributed by atoms with van der Waals surface area (Å²) in [6.45, 7) is 4.56. The summed E-state index contributed by atoms with van der Waals surface area (Å²) in [6.07, 6.45) is 3.25. The number of hydrogen-bond donors (Lipinski definition) is 3. The van der Waals surface area contributed by atoms with Gasteiger partial charge in [0.15, 0.2) is 0 Å². The number of pyridine rings is 1. The summed E-state index contributed by atoms with van der Waals surface area (Å²) in [5.74, 6) is 6.74. The number of anilines is 2. The third-order valence-electron chi connectivity index (χ3n) is 2.76. The maximum atomic E-state index is 5.37. The molecule has 0 amide bonds. The molecule has 2 aromatic rings. The minimum atomic E-state index is 0.616. The van der Waals surface area contributed by atoms with E-state index in [4.69, 9.17) is 5.84 Å². The van der Waals surface area contributed by atoms with E-state index in [0.717, 1.165) is 22.6 Å². The quantitative estimate of drug-likeness (QED) is 0.556. The minimum Gasteiger partial charge on any atom is -0.364 e. The third kappa shape index (κ3) is 2.54. The Balaban J connectivity index is 2.14. The molecular weight excluding hydrogens is 228 g/mol. The summed E-state index contributed by atoms with van der Waals surface area (Å²) in [7, 11) is 0. The topological polar surface area (TPSA) is 88.8 Å². The lowest BCUT2D eigenvalue weighted by Gasteiger charge is -2.11. The van der Waals surface area contributed by atoms with Crippen LogP contribution >= 0.6 is 0 Å². The molecule has 0 fully saturated rings. The first-order valence-electron chi connectivity index (χ1n) is 5.65. The molecule has 0 bridgehead atoms. The molecule has 2 heterocycles. The molecule has 0 unspecified atom stereocenters. The highest BCUT2D eigenvalue weighted by molar-refractivity contribution is 5.55. The predicted octanol–water partition coefficient (Wildman–Crippen LogP) is 1.39. The van der Waals surface area contributed by atoms with Crippen LogP contribution in [0.4, 0.5) is 11.6 Å². The first kappa shape index (κ1) is 12.3. The Morgan fingerprint density at radius 3 is 2.67 bits per heavy atom. The van der Waals surface area contributed by atoms with E-state index in [0.29, 0.717) is 12.4 Å². The van der Waals surface area contributed by atoms with Gasteiger partial charge in [-0.1, -0.05) is 6.07 Å². The monoisotopic (exact) mass is 244 g/mol. The zero-order chi connectivity index (χ0) is 13.0. The molecule has 0 radical (unpaired) electrons. The van der Waals surface area contributed by atoms with Gasteiger partial charge in [-0.05, 0) is 25.5 Å². The summed E-state index contributed by atoms with van der Waals surface area (Å²) in [4.78, 5) is 12.5. The normalized spacial score (nSPS) is 10.2. The smallest absolute Gasteiger partial charge is 0.148 e. The molecule has 0 aliphatic rings. The Kier molecular flexibility index (Phi) is 3.69. The number of nitrogens with two attached hydrogens (primary N) is 1. The van der Waals surface area contributed by atoms with E-state index in [2.05, 4.69) is 25.7 Å². The van der Waals surface area contributed by atoms with E-state index in [1.807, 2.05) is 26.0 Å². The molecule has 18 heavy (non-hydrogen) atoms. The highest BCUT2D eigenvalue weighted by Gasteiger charge is 2.06. The van der Waals surface area contributed by atoms with E-state index in [1.165, 1.54) is 6.33 Å². The van der Waals surface area contributed by atoms with Crippen LogP contribution in [0, 0.1) is 13.8 Å². The Hall–Kier alpha value is -2.21. The highest BCUT2D eigenvalue weighted by atomic mass is 15.3. The molecule has 0 aliphatic carbocycles. The van der Waals surface area contributed by atoms with Crippen molar-refractivity contribution in [2.45, 2.75) is 20.4 Å². The Labute approximate surface area is 106 Å². The molecular formula is C12H16N6. The van der Waals surface area contributed by atoms with Crippen LogP contribution in [0.5, 0.6) is 0 Å². The first-order chi connectivity index (χ1) is 8.72. The largest absolute Gasteiger partial charge is 0.364 e. The molecule has 4 N–H and O–H groups in total. The summed E-state index contributed by atoms with van der Waals surface area (Å²) in [6, 6.07) is 3.95. The van der Waals surface area contributed by atoms with Crippen molar-refractivity contribution in [1.82, 2.24) is 15.0 Å². The van der Waals surface area contributed by atoms with Gasteiger partial charge in [-0.2, -0.15) is 0 Å². The van der Waals surface area contributed by atoms with Crippen molar-refractivity contribution in [3.8, 4) is 0 Å². The lowest BCUT2D eigenvalue weighted by molar-refractivity contribution is 0.990. The predicted molar refractivity (Wildman–Crippen MR) is 70.9 cm³/mol. The van der Waals surface area contributed by atoms with Gasteiger partial charge < -0.3 is 10.7 Å². The minimum absolute atomic E-state index is 0.616. The van der Waals surface area contributed by atoms with Crippen LogP contribution in [0.15, 0.2) is 24.7 Å². The van der Waals surface area contributed by atoms with E-state index >= 15 is 0 Å². The van der Waals surface area contributed by atoms with Crippen molar-refractivity contribution in [2.75, 3.05) is 10.7 Å². The molecule has 94 valence electrons. The van der Waals surface area contributed by atoms with Crippen LogP contribution in [0.25, 0.3) is 0 Å². The lowest BCUT2D eigenvalue weighted by Crippen LogP contribution is -2.13. The summed E-state index contributed by atoms with van der Waals surface area (Å²) in [5, 5.41) is 3.24. The van der Waals surface area contributed by atoms with Crippen LogP contribution in [-0.2, 0) is 6.54 Å². The van der Waals surface area contributed by atoms with Gasteiger partial charge >= 0.3 is 0 Å². The molecule has 2 aromatic heterocycles. The van der Waals surface area contributed by atoms with Gasteiger partial charge in [-0.15, -0.1) is 0 Å². The van der Waals surface area contributed by atoms with Crippen LogP contribution < -0.4 is 16.6 Å². The number of hydrogen-bond acceptors (Lipinski definition) is 6. The molecule has 0 atom stereocenters. The van der Waals surface area contributed by atoms with Gasteiger partial charge in [0, 0.05) is 11.8 Å². The van der Waals surface area contributed by atoms with Crippen LogP contribution in [0.2, 0.25) is 0 Å². The molecule has 0 aliphatic heterocycles. The maximum absolute atomic E-state index is 5.37. The van der Waals surface area contributed by atoms with Crippen molar-refractivity contribution in [2.24, 2.45) is 5.84 Å². The second-order valence-corrected chi connectivity index (χ2v) is 3.96. The van der Waals surface area contributed by atoms with Crippen molar-refractivity contribution in [3.63, 3.8) is 0 Å². The van der Waals surface area contributed by atoms with Crippen LogP contribution in [0.1, 0.15) is 16.8 Å². The number of nitrogens with one attached hydrogen (secondary N) is 2. The fourth-order valence-corrected chi connectivity index (χ4v) is 1.64. The van der Waals surface area contributed by atoms with Crippen molar-refractivity contribution in [1.29, 1.82) is 0 Å². The summed E-state index contributed by atoms with van der Waals surface area (Å²) < 4.78 is 0. The van der Waals surface area contributed by atoms with Gasteiger partial charge in [-0.3, -0.25) is 4.98 Å². The van der Waals surface area contributed by atoms with Crippen LogP contribution in [0.3, 0.4) is 0 Å². The van der Waals surface area contributed by atoms with E-state index < -0.39 is 0 Å². The van der Waals surface area contributed by atoms with Crippen molar-refractivity contribution >= 4 is 11.6 Å². The second-order valence-electron chi connectivity index (χ2n) is 3.96. The summed E-state index contributed by atoms with van der Waals surface area (Å²) in [5.41, 5.74) is 5.57. The highest BCUT2D eigenvalue weighted by Crippen LogP contribution is 2.17. The van der Waals surface area contributed by atoms with E-state index in [9.17, 15) is 0 Å². The molecule has 6 nitrogen and oxygen atoms in total. The Bertz CT molecular complexity index is 540. The fourth-order valence-electron chi connectivity index (χ4n) is 1.64. The van der Waals surface area contributed by atoms with Gasteiger partial charge in [-0.25, -0.2) is 15.8 Å². The summed E-state index contributed by atoms with van der Waals surface area (Å²) >= 11 is 0. The standard InChI is InChI=1S/C12H16N6/c1-8-4-3-5-14-10(8)6-15-11-9(2)12(18-13)17-7-16-11/h3-5,7H,6,13H2,1-2H3,(H2,15,16,17,18). The average molecular weight is 244 g/mol. The number of aryl methyl sites for hydroxylation is 1. The van der Waals surface area contributed by atoms with Crippen molar-refractivity contribution in [3.05, 3.63) is 41.5 Å². The average Bonchev–Trinajstić information content (AvgIpc) is 2.39. The number of nitrogens with zero attached hydrogens (tertiary/aromatic N) is 3. The number of nitrogen functional groups attached to an aromatic ring is 1. The fraction of sp³-hybridized carbons (Fsp3) is 0.250. The second kappa shape index (κ2) is 5.42. The van der Waals surface area contributed by atoms with Gasteiger partial charge in [0.05, 0.1) is 12.2 Å². The Morgan fingerprint density at radius 1 is 1.17 bits per heavy atom. The third-order valence-corrected chi connectivity index (χ3v) is 2.76. The van der Waals surface area contributed by atoms with E-state index in [1.54, 1.807) is 6.20 Å². The maximum Gasteiger partial charge on any atom is 0.148 e. The van der Waals surface area contributed by atoms with Gasteiger partial charge in [0.25, 0.3) is 0 Å². The van der Waals surface area contributed by atoms with Gasteiger partial charge in [0.2, 0.25) is 0 Å².